The van der Waals surface area contributed by atoms with Gasteiger partial charge in [0.15, 0.2) is 5.03 Å². The molecule has 0 aliphatic heterocycles. The minimum absolute atomic E-state index is 0.222. The fraction of sp³-hybridized carbons (Fsp3) is 0.143. The summed E-state index contributed by atoms with van der Waals surface area (Å²) in [7, 11) is 1.26. The molecule has 0 fully saturated rings. The smallest absolute Gasteiger partial charge is 0.164 e. The van der Waals surface area contributed by atoms with Gasteiger partial charge in [-0.2, -0.15) is 0 Å². The van der Waals surface area contributed by atoms with Gasteiger partial charge >= 0.3 is 0 Å². The van der Waals surface area contributed by atoms with Gasteiger partial charge < -0.3 is 0 Å². The summed E-state index contributed by atoms with van der Waals surface area (Å²) in [5.74, 6) is -0.485. The second-order valence-electron chi connectivity index (χ2n) is 2.24. The standard InChI is InChI=1S/C7H7FN2O2/c1-9(10(11)12)7-4-2-3-6(8)5-7/h2-5H,1H3. The highest BCUT2D eigenvalue weighted by Gasteiger charge is 2.09. The van der Waals surface area contributed by atoms with E-state index < -0.39 is 10.8 Å². The molecule has 1 aromatic carbocycles. The third kappa shape index (κ3) is 1.69. The maximum absolute atomic E-state index is 12.5. The molecule has 5 heteroatoms. The minimum Gasteiger partial charge on any atom is -0.234 e. The molecule has 0 spiro atoms. The Hall–Kier alpha value is -1.65. The lowest BCUT2D eigenvalue weighted by molar-refractivity contribution is -0.490. The summed E-state index contributed by atoms with van der Waals surface area (Å²) >= 11 is 0. The van der Waals surface area contributed by atoms with Crippen LogP contribution in [0.1, 0.15) is 0 Å². The van der Waals surface area contributed by atoms with Crippen LogP contribution in [0.15, 0.2) is 24.3 Å². The number of benzene rings is 1. The molecule has 0 atom stereocenters. The predicted molar refractivity (Wildman–Crippen MR) is 41.8 cm³/mol. The zero-order valence-electron chi connectivity index (χ0n) is 6.40. The van der Waals surface area contributed by atoms with Gasteiger partial charge in [0.25, 0.3) is 0 Å². The summed E-state index contributed by atoms with van der Waals surface area (Å²) in [6, 6.07) is 5.22. The molecule has 0 bridgehead atoms. The van der Waals surface area contributed by atoms with Crippen LogP contribution in [0, 0.1) is 15.9 Å². The Kier molecular flexibility index (Phi) is 2.23. The van der Waals surface area contributed by atoms with Crippen LogP contribution in [0.25, 0.3) is 0 Å². The molecule has 4 nitrogen and oxygen atoms in total. The fourth-order valence-electron chi connectivity index (χ4n) is 0.772. The first kappa shape index (κ1) is 8.45. The maximum atomic E-state index is 12.5. The van der Waals surface area contributed by atoms with Crippen LogP contribution < -0.4 is 5.01 Å². The van der Waals surface area contributed by atoms with Crippen LogP contribution in [-0.4, -0.2) is 12.1 Å². The van der Waals surface area contributed by atoms with E-state index in [9.17, 15) is 14.5 Å². The second-order valence-corrected chi connectivity index (χ2v) is 2.24. The lowest BCUT2D eigenvalue weighted by Crippen LogP contribution is -2.24. The van der Waals surface area contributed by atoms with E-state index in [1.807, 2.05) is 0 Å². The van der Waals surface area contributed by atoms with Crippen molar-refractivity contribution in [2.75, 3.05) is 12.1 Å². The van der Waals surface area contributed by atoms with E-state index in [0.29, 0.717) is 0 Å². The molecule has 0 unspecified atom stereocenters. The third-order valence-electron chi connectivity index (χ3n) is 1.43. The first-order valence-corrected chi connectivity index (χ1v) is 3.25. The molecule has 0 heterocycles. The number of hydrazine groups is 1. The topological polar surface area (TPSA) is 46.4 Å². The third-order valence-corrected chi connectivity index (χ3v) is 1.43. The first-order chi connectivity index (χ1) is 5.61. The van der Waals surface area contributed by atoms with Crippen molar-refractivity contribution in [3.05, 3.63) is 40.2 Å². The highest BCUT2D eigenvalue weighted by Crippen LogP contribution is 2.12. The van der Waals surface area contributed by atoms with E-state index in [0.717, 1.165) is 11.1 Å². The summed E-state index contributed by atoms with van der Waals surface area (Å²) in [6.07, 6.45) is 0. The van der Waals surface area contributed by atoms with E-state index >= 15 is 0 Å². The van der Waals surface area contributed by atoms with Crippen LogP contribution in [0.4, 0.5) is 10.1 Å². The van der Waals surface area contributed by atoms with E-state index in [1.54, 1.807) is 0 Å². The van der Waals surface area contributed by atoms with Crippen molar-refractivity contribution >= 4 is 5.69 Å². The van der Waals surface area contributed by atoms with Gasteiger partial charge in [0, 0.05) is 6.07 Å². The Bertz CT molecular complexity index is 303. The monoisotopic (exact) mass is 170 g/mol. The van der Waals surface area contributed by atoms with Crippen LogP contribution in [0.2, 0.25) is 0 Å². The maximum Gasteiger partial charge on any atom is 0.164 e. The zero-order chi connectivity index (χ0) is 9.14. The number of halogens is 1. The largest absolute Gasteiger partial charge is 0.234 e. The van der Waals surface area contributed by atoms with Gasteiger partial charge in [0.05, 0.1) is 7.05 Å². The van der Waals surface area contributed by atoms with Crippen molar-refractivity contribution in [1.82, 2.24) is 0 Å². The Morgan fingerprint density at radius 1 is 1.58 bits per heavy atom. The van der Waals surface area contributed by atoms with Gasteiger partial charge in [-0.15, -0.1) is 0 Å². The average molecular weight is 170 g/mol. The number of hydrogen-bond donors (Lipinski definition) is 0. The molecule has 64 valence electrons. The molecule has 0 N–H and O–H groups in total. The normalized spacial score (nSPS) is 9.50. The first-order valence-electron chi connectivity index (χ1n) is 3.25. The number of anilines is 1. The van der Waals surface area contributed by atoms with Crippen molar-refractivity contribution in [1.29, 1.82) is 0 Å². The van der Waals surface area contributed by atoms with Crippen LogP contribution in [0.5, 0.6) is 0 Å². The Balaban J connectivity index is 2.95. The number of rotatable bonds is 2. The molecule has 0 aliphatic carbocycles. The van der Waals surface area contributed by atoms with Gasteiger partial charge in [-0.1, -0.05) is 11.1 Å². The Labute approximate surface area is 68.3 Å². The highest BCUT2D eigenvalue weighted by molar-refractivity contribution is 5.42. The lowest BCUT2D eigenvalue weighted by atomic mass is 10.3. The van der Waals surface area contributed by atoms with E-state index in [4.69, 9.17) is 0 Å². The van der Waals surface area contributed by atoms with Crippen molar-refractivity contribution < 1.29 is 9.42 Å². The van der Waals surface area contributed by atoms with Crippen molar-refractivity contribution in [2.45, 2.75) is 0 Å². The fourth-order valence-corrected chi connectivity index (χ4v) is 0.772. The number of nitro groups is 1. The van der Waals surface area contributed by atoms with Gasteiger partial charge in [-0.05, 0) is 12.1 Å². The lowest BCUT2D eigenvalue weighted by Gasteiger charge is -2.06. The summed E-state index contributed by atoms with van der Waals surface area (Å²) < 4.78 is 12.5. The van der Waals surface area contributed by atoms with E-state index in [1.165, 1.54) is 25.2 Å². The molecule has 1 aromatic rings. The van der Waals surface area contributed by atoms with Gasteiger partial charge in [0.1, 0.15) is 11.5 Å². The molecule has 0 saturated heterocycles. The van der Waals surface area contributed by atoms with E-state index in [2.05, 4.69) is 0 Å². The summed E-state index contributed by atoms with van der Waals surface area (Å²) in [5, 5.41) is 10.4. The molecule has 0 amide bonds. The molecule has 12 heavy (non-hydrogen) atoms. The SMILES string of the molecule is CN(c1cccc(F)c1)[N+](=O)[O-]. The molecule has 0 radical (unpaired) electrons. The minimum atomic E-state index is -0.616. The molecule has 0 aliphatic rings. The molecular weight excluding hydrogens is 163 g/mol. The highest BCUT2D eigenvalue weighted by atomic mass is 19.1. The number of hydrogen-bond acceptors (Lipinski definition) is 2. The predicted octanol–water partition coefficient (Wildman–Crippen LogP) is 1.45. The van der Waals surface area contributed by atoms with E-state index in [-0.39, 0.29) is 5.69 Å². The van der Waals surface area contributed by atoms with Crippen molar-refractivity contribution in [2.24, 2.45) is 0 Å². The van der Waals surface area contributed by atoms with Crippen molar-refractivity contribution in [3.8, 4) is 0 Å². The molecule has 0 aromatic heterocycles. The summed E-state index contributed by atoms with van der Waals surface area (Å²) in [6.45, 7) is 0. The molecule has 1 rings (SSSR count). The molecule has 0 saturated carbocycles. The van der Waals surface area contributed by atoms with Gasteiger partial charge in [0.2, 0.25) is 0 Å². The second kappa shape index (κ2) is 3.17. The van der Waals surface area contributed by atoms with Gasteiger partial charge in [-0.25, -0.2) is 14.5 Å². The Morgan fingerprint density at radius 2 is 2.25 bits per heavy atom. The average Bonchev–Trinajstić information content (AvgIpc) is 2.03. The summed E-state index contributed by atoms with van der Waals surface area (Å²) in [4.78, 5) is 10.2. The zero-order valence-corrected chi connectivity index (χ0v) is 6.40. The van der Waals surface area contributed by atoms with Crippen LogP contribution in [-0.2, 0) is 0 Å². The van der Waals surface area contributed by atoms with Crippen LogP contribution in [0.3, 0.4) is 0 Å². The summed E-state index contributed by atoms with van der Waals surface area (Å²) in [5.41, 5.74) is 0.222. The molecular formula is C7H7FN2O2. The Morgan fingerprint density at radius 3 is 2.75 bits per heavy atom. The number of nitrogens with zero attached hydrogens (tertiary/aromatic N) is 2. The quantitative estimate of drug-likeness (QED) is 0.498. The van der Waals surface area contributed by atoms with Crippen LogP contribution >= 0.6 is 0 Å². The van der Waals surface area contributed by atoms with Crippen molar-refractivity contribution in [3.63, 3.8) is 0 Å². The van der Waals surface area contributed by atoms with Gasteiger partial charge in [-0.3, -0.25) is 0 Å².